The van der Waals surface area contributed by atoms with Gasteiger partial charge in [-0.25, -0.2) is 12.7 Å². The highest BCUT2D eigenvalue weighted by atomic mass is 32.2. The Balaban J connectivity index is 1.23. The summed E-state index contributed by atoms with van der Waals surface area (Å²) in [6, 6.07) is 20.2. The molecule has 0 saturated carbocycles. The van der Waals surface area contributed by atoms with E-state index in [0.29, 0.717) is 29.1 Å². The molecule has 0 aliphatic carbocycles. The Morgan fingerprint density at radius 1 is 0.935 bits per heavy atom. The fraction of sp³-hybridized carbons (Fsp3) is 0.472. The molecule has 0 aliphatic rings. The van der Waals surface area contributed by atoms with Crippen LogP contribution in [0.4, 0.5) is 0 Å². The molecule has 0 unspecified atom stereocenters. The third-order valence-corrected chi connectivity index (χ3v) is 9.93. The highest BCUT2D eigenvalue weighted by Crippen LogP contribution is 2.29. The summed E-state index contributed by atoms with van der Waals surface area (Å²) in [7, 11) is -1.94. The maximum absolute atomic E-state index is 13.0. The van der Waals surface area contributed by atoms with E-state index < -0.39 is 22.1 Å². The number of aliphatic hydroxyl groups is 1. The van der Waals surface area contributed by atoms with E-state index in [1.165, 1.54) is 22.9 Å². The van der Waals surface area contributed by atoms with Crippen LogP contribution in [0.25, 0.3) is 11.1 Å². The smallest absolute Gasteiger partial charge is 0.302 e. The van der Waals surface area contributed by atoms with Gasteiger partial charge in [0.2, 0.25) is 10.0 Å². The molecule has 46 heavy (non-hydrogen) atoms. The number of hydrogen-bond acceptors (Lipinski definition) is 8. The van der Waals surface area contributed by atoms with Gasteiger partial charge in [-0.15, -0.1) is 0 Å². The minimum Gasteiger partial charge on any atom is -0.508 e. The predicted molar refractivity (Wildman–Crippen MR) is 181 cm³/mol. The standard InChI is InChI=1S/C36H50N2O7S/c1-4-38(3)46(42,43)36-15-8-7-14-33(36)30-18-16-29(17-19-30)13-9-12-24-44-23-11-6-5-10-22-37-26-35(41)31-20-21-34(40)32(25-31)27-45-28(2)39/h7-8,14-21,25,35,37,40-41H,4-6,9-13,22-24,26-27H2,1-3H3/t35-/m0/s1. The van der Waals surface area contributed by atoms with Crippen LogP contribution in [0.3, 0.4) is 0 Å². The van der Waals surface area contributed by atoms with Crippen molar-refractivity contribution in [3.8, 4) is 16.9 Å². The number of aliphatic hydroxyl groups excluding tert-OH is 1. The number of carbonyl (C=O) groups excluding carboxylic acids is 1. The molecule has 0 heterocycles. The summed E-state index contributed by atoms with van der Waals surface area (Å²) < 4.78 is 38.1. The van der Waals surface area contributed by atoms with Crippen LogP contribution in [0.5, 0.6) is 5.75 Å². The lowest BCUT2D eigenvalue weighted by molar-refractivity contribution is -0.142. The van der Waals surface area contributed by atoms with Crippen LogP contribution in [0.1, 0.15) is 75.2 Å². The van der Waals surface area contributed by atoms with Crippen LogP contribution in [0.15, 0.2) is 71.6 Å². The molecule has 3 N–H and O–H groups in total. The van der Waals surface area contributed by atoms with E-state index in [1.54, 1.807) is 31.3 Å². The van der Waals surface area contributed by atoms with Gasteiger partial charge in [-0.1, -0.05) is 68.3 Å². The fourth-order valence-electron chi connectivity index (χ4n) is 5.03. The normalized spacial score (nSPS) is 12.4. The second-order valence-electron chi connectivity index (χ2n) is 11.5. The van der Waals surface area contributed by atoms with Crippen molar-refractivity contribution < 1.29 is 32.9 Å². The van der Waals surface area contributed by atoms with Gasteiger partial charge in [0.25, 0.3) is 0 Å². The molecule has 0 bridgehead atoms. The maximum atomic E-state index is 13.0. The number of unbranched alkanes of at least 4 members (excludes halogenated alkanes) is 4. The largest absolute Gasteiger partial charge is 0.508 e. The highest BCUT2D eigenvalue weighted by Gasteiger charge is 2.23. The molecule has 252 valence electrons. The summed E-state index contributed by atoms with van der Waals surface area (Å²) in [5.41, 5.74) is 3.97. The van der Waals surface area contributed by atoms with Crippen LogP contribution >= 0.6 is 0 Å². The van der Waals surface area contributed by atoms with E-state index in [4.69, 9.17) is 9.47 Å². The molecule has 0 fully saturated rings. The second kappa shape index (κ2) is 19.4. The van der Waals surface area contributed by atoms with Gasteiger partial charge in [0.1, 0.15) is 12.4 Å². The van der Waals surface area contributed by atoms with Gasteiger partial charge >= 0.3 is 5.97 Å². The zero-order chi connectivity index (χ0) is 33.4. The van der Waals surface area contributed by atoms with E-state index in [0.717, 1.165) is 75.8 Å². The predicted octanol–water partition coefficient (Wildman–Crippen LogP) is 5.99. The van der Waals surface area contributed by atoms with Gasteiger partial charge in [0.15, 0.2) is 0 Å². The van der Waals surface area contributed by atoms with Crippen molar-refractivity contribution in [1.29, 1.82) is 0 Å². The van der Waals surface area contributed by atoms with Crippen LogP contribution < -0.4 is 5.32 Å². The number of benzene rings is 3. The first-order valence-electron chi connectivity index (χ1n) is 16.2. The third kappa shape index (κ3) is 11.8. The van der Waals surface area contributed by atoms with E-state index in [2.05, 4.69) is 17.4 Å². The van der Waals surface area contributed by atoms with Crippen LogP contribution in [-0.2, 0) is 37.3 Å². The molecule has 1 atom stereocenters. The summed E-state index contributed by atoms with van der Waals surface area (Å²) in [5, 5.41) is 23.7. The number of nitrogens with one attached hydrogen (secondary N) is 1. The van der Waals surface area contributed by atoms with Gasteiger partial charge in [-0.05, 0) is 73.5 Å². The zero-order valence-electron chi connectivity index (χ0n) is 27.4. The van der Waals surface area contributed by atoms with Crippen LogP contribution in [0.2, 0.25) is 0 Å². The molecule has 0 aliphatic heterocycles. The first kappa shape index (κ1) is 37.2. The van der Waals surface area contributed by atoms with Gasteiger partial charge in [0, 0.05) is 51.4 Å². The van der Waals surface area contributed by atoms with Crippen molar-refractivity contribution in [2.24, 2.45) is 0 Å². The van der Waals surface area contributed by atoms with Crippen molar-refractivity contribution in [1.82, 2.24) is 9.62 Å². The molecule has 9 nitrogen and oxygen atoms in total. The molecule has 0 amide bonds. The Hall–Kier alpha value is -3.28. The number of carbonyl (C=O) groups is 1. The summed E-state index contributed by atoms with van der Waals surface area (Å²) >= 11 is 0. The number of ether oxygens (including phenoxy) is 2. The molecular weight excluding hydrogens is 604 g/mol. The van der Waals surface area contributed by atoms with Crippen molar-refractivity contribution in [2.45, 2.75) is 76.4 Å². The topological polar surface area (TPSA) is 125 Å². The number of aryl methyl sites for hydroxylation is 1. The van der Waals surface area contributed by atoms with Gasteiger partial charge in [-0.2, -0.15) is 0 Å². The summed E-state index contributed by atoms with van der Waals surface area (Å²) in [4.78, 5) is 11.4. The van der Waals surface area contributed by atoms with Crippen molar-refractivity contribution in [3.05, 3.63) is 83.4 Å². The van der Waals surface area contributed by atoms with Gasteiger partial charge < -0.3 is 25.0 Å². The molecule has 3 rings (SSSR count). The summed E-state index contributed by atoms with van der Waals surface area (Å²) in [5.74, 6) is -0.390. The summed E-state index contributed by atoms with van der Waals surface area (Å²) in [6.45, 7) is 6.23. The molecule has 0 aromatic heterocycles. The summed E-state index contributed by atoms with van der Waals surface area (Å²) in [6.07, 6.45) is 6.46. The van der Waals surface area contributed by atoms with Gasteiger partial charge in [-0.3, -0.25) is 4.79 Å². The zero-order valence-corrected chi connectivity index (χ0v) is 28.2. The number of sulfonamides is 1. The van der Waals surface area contributed by atoms with E-state index in [9.17, 15) is 23.4 Å². The molecule has 3 aromatic rings. The minimum absolute atomic E-state index is 0.0279. The van der Waals surface area contributed by atoms with E-state index >= 15 is 0 Å². The Bertz CT molecular complexity index is 1460. The Labute approximate surface area is 274 Å². The average Bonchev–Trinajstić information content (AvgIpc) is 3.06. The molecule has 0 spiro atoms. The van der Waals surface area contributed by atoms with Crippen molar-refractivity contribution in [2.75, 3.05) is 39.9 Å². The number of nitrogens with zero attached hydrogens (tertiary/aromatic N) is 1. The molecule has 10 heteroatoms. The molecule has 0 radical (unpaired) electrons. The van der Waals surface area contributed by atoms with Crippen molar-refractivity contribution in [3.63, 3.8) is 0 Å². The molecular formula is C36H50N2O7S. The SMILES string of the molecule is CCN(C)S(=O)(=O)c1ccccc1-c1ccc(CCCCOCCCCCCNC[C@H](O)c2ccc(O)c(COC(C)=O)c2)cc1. The lowest BCUT2D eigenvalue weighted by Gasteiger charge is -2.18. The van der Waals surface area contributed by atoms with Gasteiger partial charge in [0.05, 0.1) is 11.0 Å². The lowest BCUT2D eigenvalue weighted by atomic mass is 10.0. The highest BCUT2D eigenvalue weighted by molar-refractivity contribution is 7.89. The Morgan fingerprint density at radius 2 is 1.63 bits per heavy atom. The maximum Gasteiger partial charge on any atom is 0.302 e. The first-order valence-corrected chi connectivity index (χ1v) is 17.6. The second-order valence-corrected chi connectivity index (χ2v) is 13.5. The number of phenols is 1. The first-order chi connectivity index (χ1) is 22.1. The van der Waals surface area contributed by atoms with E-state index in [-0.39, 0.29) is 12.4 Å². The Kier molecular flexibility index (Phi) is 15.7. The number of rotatable bonds is 21. The van der Waals surface area contributed by atoms with Crippen molar-refractivity contribution >= 4 is 16.0 Å². The van der Waals surface area contributed by atoms with Crippen LogP contribution in [0, 0.1) is 0 Å². The third-order valence-electron chi connectivity index (χ3n) is 7.94. The minimum atomic E-state index is -3.54. The van der Waals surface area contributed by atoms with E-state index in [1.807, 2.05) is 31.2 Å². The fourth-order valence-corrected chi connectivity index (χ4v) is 6.42. The molecule has 3 aromatic carbocycles. The monoisotopic (exact) mass is 654 g/mol. The lowest BCUT2D eigenvalue weighted by Crippen LogP contribution is -2.27. The number of phenolic OH excluding ortho intramolecular Hbond substituents is 1. The number of esters is 1. The average molecular weight is 655 g/mol. The van der Waals surface area contributed by atoms with Crippen LogP contribution in [-0.4, -0.2) is 68.8 Å². The number of aromatic hydroxyl groups is 1. The quantitative estimate of drug-likeness (QED) is 0.0946. The Morgan fingerprint density at radius 3 is 2.35 bits per heavy atom. The number of hydrogen-bond donors (Lipinski definition) is 3. The molecule has 0 saturated heterocycles.